The third kappa shape index (κ3) is 3.23. The number of hydrogen-bond donors (Lipinski definition) is 1. The molecule has 1 N–H and O–H groups in total. The first-order chi connectivity index (χ1) is 7.65. The molecule has 4 unspecified atom stereocenters. The summed E-state index contributed by atoms with van der Waals surface area (Å²) in [5.74, 6) is 2.98. The monoisotopic (exact) mass is 224 g/mol. The van der Waals surface area contributed by atoms with Crippen LogP contribution in [0.2, 0.25) is 0 Å². The van der Waals surface area contributed by atoms with Gasteiger partial charge in [-0.15, -0.1) is 0 Å². The van der Waals surface area contributed by atoms with Crippen molar-refractivity contribution in [1.29, 1.82) is 0 Å². The highest BCUT2D eigenvalue weighted by atomic mass is 15.2. The number of piperidine rings is 1. The topological polar surface area (TPSA) is 4.44 Å². The average molecular weight is 224 g/mol. The SMILES string of the molecule is CC1CC(C)CC(C[NH+]2CCCCC2C)C1. The zero-order chi connectivity index (χ0) is 11.5. The van der Waals surface area contributed by atoms with Crippen LogP contribution >= 0.6 is 0 Å². The number of hydrogen-bond acceptors (Lipinski definition) is 0. The normalized spacial score (nSPS) is 45.6. The summed E-state index contributed by atoms with van der Waals surface area (Å²) in [6.45, 7) is 10.3. The van der Waals surface area contributed by atoms with Crippen molar-refractivity contribution >= 4 is 0 Å². The molecule has 1 saturated carbocycles. The molecule has 1 heterocycles. The van der Waals surface area contributed by atoms with E-state index in [1.165, 1.54) is 51.6 Å². The van der Waals surface area contributed by atoms with Crippen molar-refractivity contribution in [3.63, 3.8) is 0 Å². The number of likely N-dealkylation sites (tertiary alicyclic amines) is 1. The quantitative estimate of drug-likeness (QED) is 0.735. The van der Waals surface area contributed by atoms with Gasteiger partial charge in [-0.05, 0) is 57.3 Å². The van der Waals surface area contributed by atoms with Crippen molar-refractivity contribution in [1.82, 2.24) is 0 Å². The van der Waals surface area contributed by atoms with Crippen LogP contribution in [0.25, 0.3) is 0 Å². The second-order valence-electron chi connectivity index (χ2n) is 6.79. The fourth-order valence-corrected chi connectivity index (χ4v) is 4.21. The van der Waals surface area contributed by atoms with Crippen molar-refractivity contribution in [3.05, 3.63) is 0 Å². The van der Waals surface area contributed by atoms with Gasteiger partial charge in [0.2, 0.25) is 0 Å². The van der Waals surface area contributed by atoms with Gasteiger partial charge in [0.15, 0.2) is 0 Å². The lowest BCUT2D eigenvalue weighted by atomic mass is 9.76. The van der Waals surface area contributed by atoms with Crippen LogP contribution in [0.5, 0.6) is 0 Å². The Morgan fingerprint density at radius 3 is 2.25 bits per heavy atom. The summed E-state index contributed by atoms with van der Waals surface area (Å²) in [5.41, 5.74) is 0. The van der Waals surface area contributed by atoms with Crippen molar-refractivity contribution in [2.45, 2.75) is 65.3 Å². The van der Waals surface area contributed by atoms with Crippen LogP contribution in [0, 0.1) is 17.8 Å². The molecular weight excluding hydrogens is 194 g/mol. The zero-order valence-corrected chi connectivity index (χ0v) is 11.5. The summed E-state index contributed by atoms with van der Waals surface area (Å²) in [4.78, 5) is 1.91. The van der Waals surface area contributed by atoms with E-state index in [-0.39, 0.29) is 0 Å². The van der Waals surface area contributed by atoms with Gasteiger partial charge in [0.25, 0.3) is 0 Å². The summed E-state index contributed by atoms with van der Waals surface area (Å²) < 4.78 is 0. The van der Waals surface area contributed by atoms with Crippen molar-refractivity contribution in [3.8, 4) is 0 Å². The molecule has 0 aromatic heterocycles. The van der Waals surface area contributed by atoms with Gasteiger partial charge in [0, 0.05) is 5.92 Å². The Kier molecular flexibility index (Phi) is 4.29. The molecule has 2 fully saturated rings. The smallest absolute Gasteiger partial charge is 0.0846 e. The predicted octanol–water partition coefficient (Wildman–Crippen LogP) is 2.52. The van der Waals surface area contributed by atoms with E-state index in [9.17, 15) is 0 Å². The van der Waals surface area contributed by atoms with E-state index < -0.39 is 0 Å². The lowest BCUT2D eigenvalue weighted by Crippen LogP contribution is -3.16. The summed E-state index contributed by atoms with van der Waals surface area (Å²) >= 11 is 0. The molecule has 0 amide bonds. The average Bonchev–Trinajstić information content (AvgIpc) is 2.20. The van der Waals surface area contributed by atoms with Gasteiger partial charge in [-0.2, -0.15) is 0 Å². The predicted molar refractivity (Wildman–Crippen MR) is 69.7 cm³/mol. The molecule has 16 heavy (non-hydrogen) atoms. The molecule has 2 rings (SSSR count). The molecule has 0 bridgehead atoms. The maximum absolute atomic E-state index is 2.46. The minimum Gasteiger partial charge on any atom is -0.333 e. The Balaban J connectivity index is 1.83. The second-order valence-corrected chi connectivity index (χ2v) is 6.79. The third-order valence-corrected chi connectivity index (χ3v) is 4.91. The van der Waals surface area contributed by atoms with Crippen LogP contribution in [0.3, 0.4) is 0 Å². The van der Waals surface area contributed by atoms with Gasteiger partial charge in [0.05, 0.1) is 19.1 Å². The Morgan fingerprint density at radius 1 is 0.938 bits per heavy atom. The van der Waals surface area contributed by atoms with E-state index in [0.29, 0.717) is 0 Å². The highest BCUT2D eigenvalue weighted by Crippen LogP contribution is 2.32. The summed E-state index contributed by atoms with van der Waals surface area (Å²) in [5, 5.41) is 0. The van der Waals surface area contributed by atoms with Crippen LogP contribution in [0.15, 0.2) is 0 Å². The molecule has 1 aliphatic heterocycles. The maximum Gasteiger partial charge on any atom is 0.0846 e. The number of rotatable bonds is 2. The molecule has 0 aromatic rings. The van der Waals surface area contributed by atoms with Gasteiger partial charge in [-0.25, -0.2) is 0 Å². The van der Waals surface area contributed by atoms with Crippen molar-refractivity contribution in [2.24, 2.45) is 17.8 Å². The molecule has 0 spiro atoms. The highest BCUT2D eigenvalue weighted by molar-refractivity contribution is 4.74. The molecule has 4 atom stereocenters. The highest BCUT2D eigenvalue weighted by Gasteiger charge is 2.30. The van der Waals surface area contributed by atoms with Crippen LogP contribution in [-0.2, 0) is 0 Å². The van der Waals surface area contributed by atoms with Crippen molar-refractivity contribution < 1.29 is 4.90 Å². The van der Waals surface area contributed by atoms with E-state index in [0.717, 1.165) is 23.8 Å². The second kappa shape index (κ2) is 5.53. The Hall–Kier alpha value is -0.0400. The van der Waals surface area contributed by atoms with Gasteiger partial charge >= 0.3 is 0 Å². The Labute approximate surface area is 102 Å². The fourth-order valence-electron chi connectivity index (χ4n) is 4.21. The minimum absolute atomic E-state index is 0.932. The van der Waals surface area contributed by atoms with Crippen LogP contribution in [0.4, 0.5) is 0 Å². The summed E-state index contributed by atoms with van der Waals surface area (Å²) in [6.07, 6.45) is 8.88. The minimum atomic E-state index is 0.932. The van der Waals surface area contributed by atoms with E-state index in [4.69, 9.17) is 0 Å². The first-order valence-electron chi connectivity index (χ1n) is 7.49. The first-order valence-corrected chi connectivity index (χ1v) is 7.49. The standard InChI is InChI=1S/C15H29N/c1-12-8-13(2)10-15(9-12)11-16-7-5-4-6-14(16)3/h12-15H,4-11H2,1-3H3/p+1. The lowest BCUT2D eigenvalue weighted by Gasteiger charge is -2.37. The Morgan fingerprint density at radius 2 is 1.62 bits per heavy atom. The van der Waals surface area contributed by atoms with Crippen LogP contribution in [0.1, 0.15) is 59.3 Å². The van der Waals surface area contributed by atoms with E-state index in [2.05, 4.69) is 20.8 Å². The maximum atomic E-state index is 2.46. The largest absolute Gasteiger partial charge is 0.333 e. The molecule has 1 aliphatic carbocycles. The molecule has 1 heteroatoms. The molecular formula is C15H30N+. The van der Waals surface area contributed by atoms with Crippen LogP contribution < -0.4 is 4.90 Å². The molecule has 2 aliphatic rings. The fraction of sp³-hybridized carbons (Fsp3) is 1.00. The molecule has 0 radical (unpaired) electrons. The van der Waals surface area contributed by atoms with Gasteiger partial charge < -0.3 is 4.90 Å². The van der Waals surface area contributed by atoms with Crippen LogP contribution in [-0.4, -0.2) is 19.1 Å². The molecule has 0 aromatic carbocycles. The molecule has 94 valence electrons. The van der Waals surface area contributed by atoms with Gasteiger partial charge in [-0.1, -0.05) is 13.8 Å². The van der Waals surface area contributed by atoms with E-state index in [1.54, 1.807) is 0 Å². The molecule has 1 nitrogen and oxygen atoms in total. The Bertz CT molecular complexity index is 203. The first kappa shape index (κ1) is 12.4. The van der Waals surface area contributed by atoms with Gasteiger partial charge in [0.1, 0.15) is 0 Å². The molecule has 1 saturated heterocycles. The van der Waals surface area contributed by atoms with E-state index >= 15 is 0 Å². The van der Waals surface area contributed by atoms with Crippen molar-refractivity contribution in [2.75, 3.05) is 13.1 Å². The number of quaternary nitrogens is 1. The van der Waals surface area contributed by atoms with Gasteiger partial charge in [-0.3, -0.25) is 0 Å². The summed E-state index contributed by atoms with van der Waals surface area (Å²) in [7, 11) is 0. The third-order valence-electron chi connectivity index (χ3n) is 4.91. The number of nitrogens with one attached hydrogen (secondary N) is 1. The summed E-state index contributed by atoms with van der Waals surface area (Å²) in [6, 6.07) is 0.932. The zero-order valence-electron chi connectivity index (χ0n) is 11.5. The van der Waals surface area contributed by atoms with E-state index in [1.807, 2.05) is 4.90 Å². The lowest BCUT2D eigenvalue weighted by molar-refractivity contribution is -0.932.